The number of hydrazine groups is 1. The highest BCUT2D eigenvalue weighted by Gasteiger charge is 2.27. The van der Waals surface area contributed by atoms with E-state index in [-0.39, 0.29) is 11.8 Å². The molecular formula is C17H17N3O2. The van der Waals surface area contributed by atoms with Gasteiger partial charge in [-0.05, 0) is 30.7 Å². The van der Waals surface area contributed by atoms with Crippen LogP contribution >= 0.6 is 0 Å². The minimum Gasteiger partial charge on any atom is -0.385 e. The van der Waals surface area contributed by atoms with Crippen LogP contribution in [-0.4, -0.2) is 23.4 Å². The largest absolute Gasteiger partial charge is 0.385 e. The Morgan fingerprint density at radius 2 is 1.91 bits per heavy atom. The average Bonchev–Trinajstić information content (AvgIpc) is 2.55. The van der Waals surface area contributed by atoms with Crippen LogP contribution in [0.4, 0.5) is 5.69 Å². The number of rotatable bonds is 3. The minimum absolute atomic E-state index is 0.223. The Morgan fingerprint density at radius 1 is 1.18 bits per heavy atom. The first kappa shape index (κ1) is 14.1. The fourth-order valence-corrected chi connectivity index (χ4v) is 2.55. The van der Waals surface area contributed by atoms with E-state index in [0.717, 1.165) is 17.8 Å². The summed E-state index contributed by atoms with van der Waals surface area (Å²) in [5.74, 6) is -0.476. The summed E-state index contributed by atoms with van der Waals surface area (Å²) in [6, 6.07) is 14.6. The van der Waals surface area contributed by atoms with E-state index in [4.69, 9.17) is 0 Å². The molecular weight excluding hydrogens is 278 g/mol. The number of benzene rings is 2. The quantitative estimate of drug-likeness (QED) is 0.914. The third-order valence-electron chi connectivity index (χ3n) is 3.60. The van der Waals surface area contributed by atoms with Crippen LogP contribution in [0.3, 0.4) is 0 Å². The summed E-state index contributed by atoms with van der Waals surface area (Å²) in [5.41, 5.74) is 5.43. The van der Waals surface area contributed by atoms with E-state index in [1.807, 2.05) is 43.3 Å². The molecule has 3 rings (SSSR count). The zero-order valence-electron chi connectivity index (χ0n) is 12.3. The highest BCUT2D eigenvalue weighted by Crippen LogP contribution is 2.21. The van der Waals surface area contributed by atoms with Crippen LogP contribution in [0.5, 0.6) is 0 Å². The van der Waals surface area contributed by atoms with Gasteiger partial charge in [0.25, 0.3) is 11.8 Å². The van der Waals surface area contributed by atoms with E-state index in [9.17, 15) is 9.59 Å². The van der Waals surface area contributed by atoms with Crippen LogP contribution < -0.4 is 10.7 Å². The molecule has 2 amide bonds. The Kier molecular flexibility index (Phi) is 3.78. The van der Waals surface area contributed by atoms with Crippen molar-refractivity contribution < 1.29 is 9.59 Å². The zero-order valence-corrected chi connectivity index (χ0v) is 12.3. The Balaban J connectivity index is 1.90. The van der Waals surface area contributed by atoms with Gasteiger partial charge in [0, 0.05) is 17.8 Å². The number of para-hydroxylation sites is 1. The van der Waals surface area contributed by atoms with Gasteiger partial charge in [0.1, 0.15) is 0 Å². The first-order valence-electron chi connectivity index (χ1n) is 7.24. The standard InChI is InChI=1S/C17H17N3O2/c1-2-18-15-10-6-5-9-14(15)17(22)20-11-12-7-3-4-8-13(12)16(21)19-20/h3-10,18H,2,11H2,1H3,(H,19,21). The Morgan fingerprint density at radius 3 is 2.73 bits per heavy atom. The van der Waals surface area contributed by atoms with Gasteiger partial charge in [-0.15, -0.1) is 0 Å². The maximum Gasteiger partial charge on any atom is 0.274 e. The van der Waals surface area contributed by atoms with Crippen LogP contribution in [0.1, 0.15) is 33.2 Å². The molecule has 0 bridgehead atoms. The number of amides is 2. The first-order valence-corrected chi connectivity index (χ1v) is 7.24. The second kappa shape index (κ2) is 5.89. The van der Waals surface area contributed by atoms with E-state index in [0.29, 0.717) is 17.7 Å². The lowest BCUT2D eigenvalue weighted by Crippen LogP contribution is -2.49. The molecule has 0 radical (unpaired) electrons. The van der Waals surface area contributed by atoms with Gasteiger partial charge >= 0.3 is 0 Å². The topological polar surface area (TPSA) is 61.4 Å². The zero-order chi connectivity index (χ0) is 15.5. The number of carbonyl (C=O) groups excluding carboxylic acids is 2. The Labute approximate surface area is 128 Å². The highest BCUT2D eigenvalue weighted by atomic mass is 16.2. The maximum atomic E-state index is 12.7. The molecule has 0 saturated heterocycles. The van der Waals surface area contributed by atoms with Gasteiger partial charge in [0.05, 0.1) is 12.1 Å². The lowest BCUT2D eigenvalue weighted by molar-refractivity contribution is 0.0540. The number of hydrogen-bond donors (Lipinski definition) is 2. The van der Waals surface area contributed by atoms with E-state index in [2.05, 4.69) is 10.7 Å². The molecule has 2 aromatic rings. The second-order valence-electron chi connectivity index (χ2n) is 5.07. The smallest absolute Gasteiger partial charge is 0.274 e. The van der Waals surface area contributed by atoms with Crippen molar-refractivity contribution in [2.75, 3.05) is 11.9 Å². The molecule has 22 heavy (non-hydrogen) atoms. The Hall–Kier alpha value is -2.82. The third-order valence-corrected chi connectivity index (χ3v) is 3.60. The van der Waals surface area contributed by atoms with Gasteiger partial charge in [-0.25, -0.2) is 5.01 Å². The van der Waals surface area contributed by atoms with Gasteiger partial charge in [-0.2, -0.15) is 0 Å². The van der Waals surface area contributed by atoms with Gasteiger partial charge < -0.3 is 5.32 Å². The molecule has 5 heteroatoms. The summed E-state index contributed by atoms with van der Waals surface area (Å²) in [5, 5.41) is 4.53. The van der Waals surface area contributed by atoms with Crippen molar-refractivity contribution in [3.63, 3.8) is 0 Å². The summed E-state index contributed by atoms with van der Waals surface area (Å²) in [7, 11) is 0. The van der Waals surface area contributed by atoms with Crippen molar-refractivity contribution in [3.8, 4) is 0 Å². The van der Waals surface area contributed by atoms with E-state index in [1.54, 1.807) is 12.1 Å². The molecule has 1 aliphatic heterocycles. The van der Waals surface area contributed by atoms with E-state index in [1.165, 1.54) is 5.01 Å². The van der Waals surface area contributed by atoms with Gasteiger partial charge in [0.2, 0.25) is 0 Å². The van der Waals surface area contributed by atoms with Crippen molar-refractivity contribution in [1.82, 2.24) is 10.4 Å². The maximum absolute atomic E-state index is 12.7. The monoisotopic (exact) mass is 295 g/mol. The van der Waals surface area contributed by atoms with Gasteiger partial charge in [-0.3, -0.25) is 15.0 Å². The van der Waals surface area contributed by atoms with Crippen molar-refractivity contribution >= 4 is 17.5 Å². The summed E-state index contributed by atoms with van der Waals surface area (Å²) in [6.45, 7) is 3.06. The summed E-state index contributed by atoms with van der Waals surface area (Å²) >= 11 is 0. The molecule has 1 heterocycles. The molecule has 0 aromatic heterocycles. The van der Waals surface area contributed by atoms with Crippen molar-refractivity contribution in [2.45, 2.75) is 13.5 Å². The lowest BCUT2D eigenvalue weighted by Gasteiger charge is -2.29. The minimum atomic E-state index is -0.254. The second-order valence-corrected chi connectivity index (χ2v) is 5.07. The van der Waals surface area contributed by atoms with Crippen LogP contribution in [-0.2, 0) is 6.54 Å². The first-order chi connectivity index (χ1) is 10.7. The molecule has 0 saturated carbocycles. The fourth-order valence-electron chi connectivity index (χ4n) is 2.55. The molecule has 0 atom stereocenters. The fraction of sp³-hybridized carbons (Fsp3) is 0.176. The predicted molar refractivity (Wildman–Crippen MR) is 84.4 cm³/mol. The van der Waals surface area contributed by atoms with E-state index >= 15 is 0 Å². The number of fused-ring (bicyclic) bond motifs is 1. The molecule has 0 fully saturated rings. The highest BCUT2D eigenvalue weighted by molar-refractivity contribution is 6.03. The molecule has 2 N–H and O–H groups in total. The summed E-state index contributed by atoms with van der Waals surface area (Å²) in [4.78, 5) is 24.8. The Bertz CT molecular complexity index is 727. The van der Waals surface area contributed by atoms with Crippen LogP contribution in [0.15, 0.2) is 48.5 Å². The molecule has 1 aliphatic rings. The van der Waals surface area contributed by atoms with E-state index < -0.39 is 0 Å². The predicted octanol–water partition coefficient (Wildman–Crippen LogP) is 2.42. The third kappa shape index (κ3) is 2.53. The number of nitrogens with one attached hydrogen (secondary N) is 2. The van der Waals surface area contributed by atoms with Crippen LogP contribution in [0.25, 0.3) is 0 Å². The SMILES string of the molecule is CCNc1ccccc1C(=O)N1Cc2ccccc2C(=O)N1. The molecule has 0 aliphatic carbocycles. The molecule has 0 unspecified atom stereocenters. The van der Waals surface area contributed by atoms with Crippen molar-refractivity contribution in [2.24, 2.45) is 0 Å². The van der Waals surface area contributed by atoms with Crippen molar-refractivity contribution in [3.05, 3.63) is 65.2 Å². The average molecular weight is 295 g/mol. The van der Waals surface area contributed by atoms with Gasteiger partial charge in [-0.1, -0.05) is 30.3 Å². The molecule has 0 spiro atoms. The number of hydrogen-bond acceptors (Lipinski definition) is 3. The number of anilines is 1. The van der Waals surface area contributed by atoms with Crippen LogP contribution in [0.2, 0.25) is 0 Å². The molecule has 2 aromatic carbocycles. The summed E-state index contributed by atoms with van der Waals surface area (Å²) in [6.07, 6.45) is 0. The van der Waals surface area contributed by atoms with Crippen molar-refractivity contribution in [1.29, 1.82) is 0 Å². The number of carbonyl (C=O) groups is 2. The normalized spacial score (nSPS) is 13.3. The molecule has 112 valence electrons. The van der Waals surface area contributed by atoms with Gasteiger partial charge in [0.15, 0.2) is 0 Å². The molecule has 5 nitrogen and oxygen atoms in total. The van der Waals surface area contributed by atoms with Crippen LogP contribution in [0, 0.1) is 0 Å². The lowest BCUT2D eigenvalue weighted by atomic mass is 10.0. The number of nitrogens with zero attached hydrogens (tertiary/aromatic N) is 1. The summed E-state index contributed by atoms with van der Waals surface area (Å²) < 4.78 is 0.